The predicted molar refractivity (Wildman–Crippen MR) is 125 cm³/mol. The Morgan fingerprint density at radius 3 is 2.45 bits per heavy atom. The lowest BCUT2D eigenvalue weighted by molar-refractivity contribution is -0.136. The van der Waals surface area contributed by atoms with Crippen LogP contribution >= 0.6 is 0 Å². The highest BCUT2D eigenvalue weighted by Gasteiger charge is 2.17. The first kappa shape index (κ1) is 20.7. The monoisotopic (exact) mass is 413 g/mol. The minimum atomic E-state index is -0.834. The summed E-state index contributed by atoms with van der Waals surface area (Å²) in [4.78, 5) is 15.1. The van der Waals surface area contributed by atoms with Gasteiger partial charge in [-0.25, -0.2) is 0 Å². The number of aromatic nitrogens is 1. The molecule has 4 aromatic rings. The SMILES string of the molecule is CCC(C)c1ccc2[nH]c(-c3ccc(OCc4ccccc4)cc3)c(CC(=O)O)c2c1. The Hall–Kier alpha value is -3.53. The van der Waals surface area contributed by atoms with Crippen LogP contribution in [0.4, 0.5) is 0 Å². The van der Waals surface area contributed by atoms with Gasteiger partial charge >= 0.3 is 5.97 Å². The number of nitrogens with one attached hydrogen (secondary N) is 1. The van der Waals surface area contributed by atoms with E-state index in [1.807, 2.05) is 54.6 Å². The van der Waals surface area contributed by atoms with Gasteiger partial charge in [0, 0.05) is 10.9 Å². The molecule has 0 saturated carbocycles. The zero-order valence-electron chi connectivity index (χ0n) is 17.9. The number of hydrogen-bond donors (Lipinski definition) is 2. The van der Waals surface area contributed by atoms with Crippen LogP contribution in [0.3, 0.4) is 0 Å². The maximum Gasteiger partial charge on any atom is 0.307 e. The summed E-state index contributed by atoms with van der Waals surface area (Å²) in [6, 6.07) is 24.2. The zero-order valence-corrected chi connectivity index (χ0v) is 17.9. The quantitative estimate of drug-likeness (QED) is 0.344. The molecule has 1 atom stereocenters. The Kier molecular flexibility index (Phi) is 6.08. The normalized spacial score (nSPS) is 12.1. The third kappa shape index (κ3) is 4.64. The average molecular weight is 414 g/mol. The van der Waals surface area contributed by atoms with Crippen molar-refractivity contribution in [1.29, 1.82) is 0 Å². The van der Waals surface area contributed by atoms with Gasteiger partial charge in [-0.1, -0.05) is 50.2 Å². The second-order valence-electron chi connectivity index (χ2n) is 7.96. The highest BCUT2D eigenvalue weighted by Crippen LogP contribution is 2.34. The van der Waals surface area contributed by atoms with Gasteiger partial charge in [-0.15, -0.1) is 0 Å². The molecule has 0 radical (unpaired) electrons. The molecule has 2 N–H and O–H groups in total. The molecule has 1 aromatic heterocycles. The number of carbonyl (C=O) groups is 1. The molecule has 158 valence electrons. The maximum absolute atomic E-state index is 11.6. The minimum absolute atomic E-state index is 0.0223. The van der Waals surface area contributed by atoms with Crippen molar-refractivity contribution in [2.45, 2.75) is 39.2 Å². The first-order valence-corrected chi connectivity index (χ1v) is 10.7. The third-order valence-electron chi connectivity index (χ3n) is 5.83. The van der Waals surface area contributed by atoms with Gasteiger partial charge in [0.15, 0.2) is 0 Å². The number of hydrogen-bond acceptors (Lipinski definition) is 2. The molecule has 0 aliphatic heterocycles. The van der Waals surface area contributed by atoms with E-state index in [2.05, 4.69) is 37.0 Å². The molecule has 0 amide bonds. The molecule has 31 heavy (non-hydrogen) atoms. The van der Waals surface area contributed by atoms with Crippen LogP contribution in [-0.2, 0) is 17.8 Å². The van der Waals surface area contributed by atoms with E-state index in [9.17, 15) is 9.90 Å². The molecule has 4 nitrogen and oxygen atoms in total. The van der Waals surface area contributed by atoms with Crippen LogP contribution in [0, 0.1) is 0 Å². The van der Waals surface area contributed by atoms with E-state index in [4.69, 9.17) is 4.74 Å². The summed E-state index contributed by atoms with van der Waals surface area (Å²) in [7, 11) is 0. The summed E-state index contributed by atoms with van der Waals surface area (Å²) in [5.41, 5.74) is 5.94. The van der Waals surface area contributed by atoms with Gasteiger partial charge in [0.25, 0.3) is 0 Å². The lowest BCUT2D eigenvalue weighted by atomic mass is 9.95. The molecule has 4 heteroatoms. The van der Waals surface area contributed by atoms with E-state index in [1.165, 1.54) is 5.56 Å². The standard InChI is InChI=1S/C27H27NO3/c1-3-18(2)21-11-14-25-23(15-21)24(16-26(29)30)27(28-25)20-9-12-22(13-10-20)31-17-19-7-5-4-6-8-19/h4-15,18,28H,3,16-17H2,1-2H3,(H,29,30). The summed E-state index contributed by atoms with van der Waals surface area (Å²) in [6.07, 6.45) is 1.02. The van der Waals surface area contributed by atoms with Crippen LogP contribution in [0.25, 0.3) is 22.2 Å². The molecular weight excluding hydrogens is 386 g/mol. The number of carboxylic acid groups (broad SMARTS) is 1. The van der Waals surface area contributed by atoms with Gasteiger partial charge in [-0.3, -0.25) is 4.79 Å². The second-order valence-corrected chi connectivity index (χ2v) is 7.96. The van der Waals surface area contributed by atoms with E-state index in [0.29, 0.717) is 12.5 Å². The van der Waals surface area contributed by atoms with Crippen LogP contribution in [0.1, 0.15) is 42.9 Å². The fourth-order valence-electron chi connectivity index (χ4n) is 3.85. The molecule has 1 unspecified atom stereocenters. The molecule has 4 rings (SSSR count). The molecule has 3 aromatic carbocycles. The topological polar surface area (TPSA) is 62.3 Å². The number of rotatable bonds is 8. The van der Waals surface area contributed by atoms with Gasteiger partial charge in [-0.2, -0.15) is 0 Å². The van der Waals surface area contributed by atoms with E-state index >= 15 is 0 Å². The largest absolute Gasteiger partial charge is 0.489 e. The Labute approximate surface area is 182 Å². The van der Waals surface area contributed by atoms with Crippen molar-refractivity contribution in [2.75, 3.05) is 0 Å². The molecule has 0 saturated heterocycles. The fraction of sp³-hybridized carbons (Fsp3) is 0.222. The van der Waals surface area contributed by atoms with Crippen LogP contribution in [-0.4, -0.2) is 16.1 Å². The molecular formula is C27H27NO3. The maximum atomic E-state index is 11.6. The molecule has 1 heterocycles. The first-order valence-electron chi connectivity index (χ1n) is 10.7. The van der Waals surface area contributed by atoms with E-state index in [-0.39, 0.29) is 6.42 Å². The van der Waals surface area contributed by atoms with Gasteiger partial charge < -0.3 is 14.8 Å². The summed E-state index contributed by atoms with van der Waals surface area (Å²) in [5.74, 6) is 0.378. The number of aliphatic carboxylic acids is 1. The Balaban J connectivity index is 1.65. The van der Waals surface area contributed by atoms with Crippen molar-refractivity contribution in [1.82, 2.24) is 4.98 Å². The Morgan fingerprint density at radius 2 is 1.77 bits per heavy atom. The number of aromatic amines is 1. The smallest absolute Gasteiger partial charge is 0.307 e. The van der Waals surface area contributed by atoms with Crippen molar-refractivity contribution >= 4 is 16.9 Å². The lowest BCUT2D eigenvalue weighted by Gasteiger charge is -2.09. The van der Waals surface area contributed by atoms with Gasteiger partial charge in [0.05, 0.1) is 12.1 Å². The number of carboxylic acids is 1. The van der Waals surface area contributed by atoms with Crippen molar-refractivity contribution in [2.24, 2.45) is 0 Å². The summed E-state index contributed by atoms with van der Waals surface area (Å²) in [5, 5.41) is 10.5. The van der Waals surface area contributed by atoms with Gasteiger partial charge in [0.1, 0.15) is 12.4 Å². The molecule has 0 aliphatic carbocycles. The van der Waals surface area contributed by atoms with E-state index in [0.717, 1.165) is 45.5 Å². The molecule has 0 aliphatic rings. The van der Waals surface area contributed by atoms with Crippen LogP contribution in [0.2, 0.25) is 0 Å². The summed E-state index contributed by atoms with van der Waals surface area (Å²) >= 11 is 0. The third-order valence-corrected chi connectivity index (χ3v) is 5.83. The lowest BCUT2D eigenvalue weighted by Crippen LogP contribution is -2.01. The van der Waals surface area contributed by atoms with Crippen molar-refractivity contribution in [3.8, 4) is 17.0 Å². The van der Waals surface area contributed by atoms with Crippen LogP contribution < -0.4 is 4.74 Å². The van der Waals surface area contributed by atoms with Crippen LogP contribution in [0.15, 0.2) is 72.8 Å². The number of fused-ring (bicyclic) bond motifs is 1. The molecule has 0 fully saturated rings. The summed E-state index contributed by atoms with van der Waals surface area (Å²) in [6.45, 7) is 4.87. The first-order chi connectivity index (χ1) is 15.0. The van der Waals surface area contributed by atoms with Gasteiger partial charge in [-0.05, 0) is 71.0 Å². The fourth-order valence-corrected chi connectivity index (χ4v) is 3.85. The predicted octanol–water partition coefficient (Wildman–Crippen LogP) is 6.55. The second kappa shape index (κ2) is 9.09. The number of H-pyrrole nitrogens is 1. The van der Waals surface area contributed by atoms with Crippen molar-refractivity contribution in [3.05, 3.63) is 89.5 Å². The van der Waals surface area contributed by atoms with Gasteiger partial charge in [0.2, 0.25) is 0 Å². The Bertz CT molecular complexity index is 1180. The summed E-state index contributed by atoms with van der Waals surface area (Å²) < 4.78 is 5.89. The highest BCUT2D eigenvalue weighted by atomic mass is 16.5. The number of ether oxygens (including phenoxy) is 1. The Morgan fingerprint density at radius 1 is 1.03 bits per heavy atom. The zero-order chi connectivity index (χ0) is 21.8. The van der Waals surface area contributed by atoms with Crippen molar-refractivity contribution in [3.63, 3.8) is 0 Å². The minimum Gasteiger partial charge on any atom is -0.489 e. The average Bonchev–Trinajstić information content (AvgIpc) is 3.15. The number of benzene rings is 3. The van der Waals surface area contributed by atoms with Crippen LogP contribution in [0.5, 0.6) is 5.75 Å². The van der Waals surface area contributed by atoms with E-state index < -0.39 is 5.97 Å². The molecule has 0 bridgehead atoms. The van der Waals surface area contributed by atoms with Crippen molar-refractivity contribution < 1.29 is 14.6 Å². The van der Waals surface area contributed by atoms with E-state index in [1.54, 1.807) is 0 Å². The molecule has 0 spiro atoms. The highest BCUT2D eigenvalue weighted by molar-refractivity contribution is 5.94.